The highest BCUT2D eigenvalue weighted by Crippen LogP contribution is 2.46. The summed E-state index contributed by atoms with van der Waals surface area (Å²) in [4.78, 5) is 79.8. The van der Waals surface area contributed by atoms with E-state index in [1.54, 1.807) is 13.8 Å². The fourth-order valence-electron chi connectivity index (χ4n) is 3.22. The SMILES string of the molecule is CCCC(=O)OC[C@H](COP(=O)([O-])O[C@@H]1[C@H](O)[C@H](O)[C@@H](OP(=O)([O-])[O-])[C@H](OP(=O)([O-])[O-])[C@H]1O)OC(=O)CCC. The van der Waals surface area contributed by atoms with Crippen molar-refractivity contribution in [1.29, 1.82) is 0 Å². The first-order chi connectivity index (χ1) is 17.8. The van der Waals surface area contributed by atoms with E-state index in [2.05, 4.69) is 18.1 Å². The van der Waals surface area contributed by atoms with Crippen LogP contribution in [0.1, 0.15) is 39.5 Å². The largest absolute Gasteiger partial charge is 0.790 e. The summed E-state index contributed by atoms with van der Waals surface area (Å²) in [5, 5.41) is 30.6. The number of phosphoric ester groups is 3. The minimum Gasteiger partial charge on any atom is -0.790 e. The van der Waals surface area contributed by atoms with Gasteiger partial charge in [0.25, 0.3) is 7.82 Å². The van der Waals surface area contributed by atoms with Crippen LogP contribution in [-0.4, -0.2) is 83.2 Å². The van der Waals surface area contributed by atoms with Gasteiger partial charge in [-0.2, -0.15) is 0 Å². The van der Waals surface area contributed by atoms with Gasteiger partial charge in [0.05, 0.1) is 22.3 Å². The van der Waals surface area contributed by atoms with Crippen LogP contribution in [0, 0.1) is 0 Å². The molecule has 230 valence electrons. The second-order valence-electron chi connectivity index (χ2n) is 8.11. The first kappa shape index (κ1) is 36.2. The Hall–Kier alpha value is -0.850. The lowest BCUT2D eigenvalue weighted by molar-refractivity contribution is -0.366. The topological polar surface area (TPSA) is 317 Å². The molecule has 1 fully saturated rings. The molecule has 0 heterocycles. The Morgan fingerprint density at radius 1 is 0.718 bits per heavy atom. The van der Waals surface area contributed by atoms with E-state index in [1.165, 1.54) is 0 Å². The summed E-state index contributed by atoms with van der Waals surface area (Å²) in [7, 11) is -17.9. The molecule has 0 amide bonds. The van der Waals surface area contributed by atoms with E-state index in [0.29, 0.717) is 12.8 Å². The Balaban J connectivity index is 3.07. The number of hydrogen-bond acceptors (Lipinski definition) is 19. The molecule has 39 heavy (non-hydrogen) atoms. The number of phosphoric acid groups is 3. The number of rotatable bonds is 16. The molecule has 8 atom stereocenters. The lowest BCUT2D eigenvalue weighted by atomic mass is 9.85. The molecule has 1 aliphatic carbocycles. The van der Waals surface area contributed by atoms with E-state index in [4.69, 9.17) is 9.47 Å². The van der Waals surface area contributed by atoms with Gasteiger partial charge in [-0.3, -0.25) is 14.2 Å². The van der Waals surface area contributed by atoms with Crippen molar-refractivity contribution < 1.29 is 90.6 Å². The molecular formula is C17H28O19P3-5. The van der Waals surface area contributed by atoms with Gasteiger partial charge in [0.15, 0.2) is 6.10 Å². The molecule has 0 bridgehead atoms. The molecule has 0 aromatic heterocycles. The minimum absolute atomic E-state index is 0.00116. The predicted molar refractivity (Wildman–Crippen MR) is 112 cm³/mol. The molecule has 0 aromatic rings. The molecule has 0 radical (unpaired) electrons. The van der Waals surface area contributed by atoms with Crippen LogP contribution in [-0.2, 0) is 50.9 Å². The average molecular weight is 629 g/mol. The van der Waals surface area contributed by atoms with Crippen molar-refractivity contribution in [3.8, 4) is 0 Å². The van der Waals surface area contributed by atoms with Crippen LogP contribution in [0.25, 0.3) is 0 Å². The van der Waals surface area contributed by atoms with Gasteiger partial charge in [-0.1, -0.05) is 13.8 Å². The number of ether oxygens (including phenoxy) is 2. The normalized spacial score (nSPS) is 28.4. The molecule has 1 aliphatic rings. The van der Waals surface area contributed by atoms with Gasteiger partial charge in [-0.05, 0) is 12.8 Å². The van der Waals surface area contributed by atoms with Crippen LogP contribution in [0.3, 0.4) is 0 Å². The van der Waals surface area contributed by atoms with Crippen LogP contribution < -0.4 is 24.5 Å². The molecule has 0 aliphatic heterocycles. The zero-order chi connectivity index (χ0) is 30.2. The van der Waals surface area contributed by atoms with Gasteiger partial charge in [0, 0.05) is 12.8 Å². The maximum absolute atomic E-state index is 12.4. The molecule has 0 aromatic carbocycles. The second kappa shape index (κ2) is 15.4. The summed E-state index contributed by atoms with van der Waals surface area (Å²) in [6.07, 6.45) is -16.8. The standard InChI is InChI=1S/C17H33O19P3/c1-3-5-10(18)31-7-9(33-11(19)6-4-2)8-32-39(29,30)36-15-12(20)13(21)16(34-37(23,24)25)17(14(15)22)35-38(26,27)28/h9,12-17,20-22H,3-8H2,1-2H3,(H,29,30)(H2,23,24,25)(H2,26,27,28)/p-5/t9-,12-,13+,14+,15-,16-,17-/m1/s1. The number of esters is 2. The smallest absolute Gasteiger partial charge is 0.306 e. The molecule has 0 spiro atoms. The fraction of sp³-hybridized carbons (Fsp3) is 0.882. The highest BCUT2D eigenvalue weighted by molar-refractivity contribution is 7.45. The van der Waals surface area contributed by atoms with E-state index >= 15 is 0 Å². The third kappa shape index (κ3) is 13.1. The number of aliphatic hydroxyl groups excluding tert-OH is 3. The van der Waals surface area contributed by atoms with E-state index < -0.39 is 91.3 Å². The second-order valence-corrected chi connectivity index (χ2v) is 11.7. The quantitative estimate of drug-likeness (QED) is 0.107. The Bertz CT molecular complexity index is 948. The Morgan fingerprint density at radius 2 is 1.18 bits per heavy atom. The van der Waals surface area contributed by atoms with Gasteiger partial charge >= 0.3 is 11.9 Å². The summed E-state index contributed by atoms with van der Waals surface area (Å²) in [6, 6.07) is 0. The molecule has 3 N–H and O–H groups in total. The molecular weight excluding hydrogens is 601 g/mol. The van der Waals surface area contributed by atoms with Gasteiger partial charge in [0.2, 0.25) is 0 Å². The summed E-state index contributed by atoms with van der Waals surface area (Å²) in [5.41, 5.74) is 0. The van der Waals surface area contributed by atoms with Crippen molar-refractivity contribution in [3.63, 3.8) is 0 Å². The number of aliphatic hydroxyl groups is 3. The average Bonchev–Trinajstić information content (AvgIpc) is 2.78. The van der Waals surface area contributed by atoms with Crippen molar-refractivity contribution in [3.05, 3.63) is 0 Å². The highest BCUT2D eigenvalue weighted by Gasteiger charge is 2.53. The predicted octanol–water partition coefficient (Wildman–Crippen LogP) is -4.56. The zero-order valence-corrected chi connectivity index (χ0v) is 23.2. The van der Waals surface area contributed by atoms with Crippen molar-refractivity contribution in [2.45, 2.75) is 82.3 Å². The fourth-order valence-corrected chi connectivity index (χ4v) is 5.26. The van der Waals surface area contributed by atoms with Gasteiger partial charge in [-0.25, -0.2) is 0 Å². The van der Waals surface area contributed by atoms with Crippen molar-refractivity contribution >= 4 is 35.4 Å². The van der Waals surface area contributed by atoms with E-state index in [1.807, 2.05) is 0 Å². The Morgan fingerprint density at radius 3 is 1.67 bits per heavy atom. The van der Waals surface area contributed by atoms with Crippen molar-refractivity contribution in [2.24, 2.45) is 0 Å². The number of carbonyl (C=O) groups excluding carboxylic acids is 2. The summed E-state index contributed by atoms with van der Waals surface area (Å²) < 4.78 is 61.1. The minimum atomic E-state index is -6.12. The molecule has 22 heteroatoms. The lowest BCUT2D eigenvalue weighted by Crippen LogP contribution is -2.65. The Labute approximate surface area is 222 Å². The third-order valence-corrected chi connectivity index (χ3v) is 6.80. The van der Waals surface area contributed by atoms with Crippen LogP contribution >= 0.6 is 23.5 Å². The Kier molecular flexibility index (Phi) is 14.3. The van der Waals surface area contributed by atoms with E-state index in [-0.39, 0.29) is 12.8 Å². The first-order valence-electron chi connectivity index (χ1n) is 11.2. The maximum atomic E-state index is 12.4. The molecule has 19 nitrogen and oxygen atoms in total. The van der Waals surface area contributed by atoms with Crippen LogP contribution in [0.15, 0.2) is 0 Å². The van der Waals surface area contributed by atoms with Gasteiger partial charge in [0.1, 0.15) is 43.2 Å². The van der Waals surface area contributed by atoms with Gasteiger partial charge in [-0.15, -0.1) is 0 Å². The first-order valence-corrected chi connectivity index (χ1v) is 15.6. The van der Waals surface area contributed by atoms with Gasteiger partial charge < -0.3 is 76.5 Å². The van der Waals surface area contributed by atoms with E-state index in [0.717, 1.165) is 0 Å². The van der Waals surface area contributed by atoms with Crippen molar-refractivity contribution in [2.75, 3.05) is 13.2 Å². The van der Waals surface area contributed by atoms with Crippen molar-refractivity contribution in [1.82, 2.24) is 0 Å². The van der Waals surface area contributed by atoms with E-state index in [9.17, 15) is 63.1 Å². The maximum Gasteiger partial charge on any atom is 0.306 e. The third-order valence-electron chi connectivity index (χ3n) is 4.83. The molecule has 1 unspecified atom stereocenters. The summed E-state index contributed by atoms with van der Waals surface area (Å²) in [5.74, 6) is -1.50. The zero-order valence-electron chi connectivity index (χ0n) is 20.5. The highest BCUT2D eigenvalue weighted by atomic mass is 31.2. The van der Waals surface area contributed by atoms with Crippen LogP contribution in [0.2, 0.25) is 0 Å². The molecule has 0 saturated heterocycles. The monoisotopic (exact) mass is 629 g/mol. The summed E-state index contributed by atoms with van der Waals surface area (Å²) in [6.45, 7) is 1.66. The number of hydrogen-bond donors (Lipinski definition) is 3. The van der Waals surface area contributed by atoms with Crippen LogP contribution in [0.4, 0.5) is 0 Å². The molecule has 1 rings (SSSR count). The number of carbonyl (C=O) groups is 2. The summed E-state index contributed by atoms with van der Waals surface area (Å²) >= 11 is 0. The molecule has 1 saturated carbocycles. The van der Waals surface area contributed by atoms with Crippen LogP contribution in [0.5, 0.6) is 0 Å². The lowest BCUT2D eigenvalue weighted by Gasteiger charge is -2.50.